The summed E-state index contributed by atoms with van der Waals surface area (Å²) < 4.78 is 5.36. The summed E-state index contributed by atoms with van der Waals surface area (Å²) in [6.07, 6.45) is 6.50. The fourth-order valence-electron chi connectivity index (χ4n) is 2.97. The maximum absolute atomic E-state index is 12.1. The van der Waals surface area contributed by atoms with Crippen molar-refractivity contribution in [2.24, 2.45) is 0 Å². The third-order valence-electron chi connectivity index (χ3n) is 4.12. The summed E-state index contributed by atoms with van der Waals surface area (Å²) in [5, 5.41) is 6.34. The lowest BCUT2D eigenvalue weighted by atomic mass is 10.1. The Hall–Kier alpha value is -0.0700. The number of rotatable bonds is 4. The number of carbonyl (C=O) groups excluding carboxylic acids is 1. The number of methoxy groups -OCH3 is 1. The highest BCUT2D eigenvalue weighted by Gasteiger charge is 2.28. The largest absolute Gasteiger partial charge is 0.378 e. The lowest BCUT2D eigenvalue weighted by molar-refractivity contribution is -0.123. The van der Waals surface area contributed by atoms with Crippen molar-refractivity contribution in [3.63, 3.8) is 0 Å². The van der Waals surface area contributed by atoms with Crippen LogP contribution >= 0.6 is 24.8 Å². The molecule has 7 heteroatoms. The van der Waals surface area contributed by atoms with Gasteiger partial charge in [0, 0.05) is 20.2 Å². The Morgan fingerprint density at radius 3 is 2.38 bits per heavy atom. The van der Waals surface area contributed by atoms with Gasteiger partial charge in [0.2, 0.25) is 5.91 Å². The van der Waals surface area contributed by atoms with Gasteiger partial charge in [-0.15, -0.1) is 24.8 Å². The number of halogens is 2. The van der Waals surface area contributed by atoms with Crippen LogP contribution in [0.4, 0.5) is 0 Å². The van der Waals surface area contributed by atoms with Gasteiger partial charge in [-0.25, -0.2) is 0 Å². The number of amides is 1. The van der Waals surface area contributed by atoms with Crippen LogP contribution in [0.5, 0.6) is 0 Å². The first-order valence-electron chi connectivity index (χ1n) is 7.55. The lowest BCUT2D eigenvalue weighted by Gasteiger charge is -2.25. The van der Waals surface area contributed by atoms with Crippen molar-refractivity contribution in [1.82, 2.24) is 15.5 Å². The summed E-state index contributed by atoms with van der Waals surface area (Å²) in [6, 6.07) is 0.118. The zero-order valence-corrected chi connectivity index (χ0v) is 14.4. The molecule has 0 aliphatic carbocycles. The van der Waals surface area contributed by atoms with E-state index in [4.69, 9.17) is 4.74 Å². The lowest BCUT2D eigenvalue weighted by Crippen LogP contribution is -2.47. The Morgan fingerprint density at radius 2 is 1.76 bits per heavy atom. The molecule has 0 aromatic heterocycles. The molecule has 0 radical (unpaired) electrons. The minimum absolute atomic E-state index is 0. The summed E-state index contributed by atoms with van der Waals surface area (Å²) in [7, 11) is 1.70. The van der Waals surface area contributed by atoms with Crippen LogP contribution in [0, 0.1) is 0 Å². The third-order valence-corrected chi connectivity index (χ3v) is 4.12. The van der Waals surface area contributed by atoms with Crippen LogP contribution in [-0.4, -0.2) is 62.8 Å². The van der Waals surface area contributed by atoms with E-state index in [1.54, 1.807) is 7.11 Å². The monoisotopic (exact) mass is 341 g/mol. The maximum atomic E-state index is 12.1. The normalized spacial score (nSPS) is 26.9. The van der Waals surface area contributed by atoms with Crippen LogP contribution in [-0.2, 0) is 9.53 Å². The summed E-state index contributed by atoms with van der Waals surface area (Å²) >= 11 is 0. The van der Waals surface area contributed by atoms with E-state index in [1.165, 1.54) is 32.1 Å². The first-order valence-corrected chi connectivity index (χ1v) is 7.55. The molecule has 2 aliphatic rings. The van der Waals surface area contributed by atoms with Gasteiger partial charge in [0.15, 0.2) is 0 Å². The van der Waals surface area contributed by atoms with Crippen molar-refractivity contribution in [2.45, 2.75) is 44.2 Å². The van der Waals surface area contributed by atoms with Crippen LogP contribution in [0.2, 0.25) is 0 Å². The van der Waals surface area contributed by atoms with E-state index in [2.05, 4.69) is 15.5 Å². The molecule has 2 aliphatic heterocycles. The quantitative estimate of drug-likeness (QED) is 0.806. The van der Waals surface area contributed by atoms with E-state index < -0.39 is 0 Å². The topological polar surface area (TPSA) is 53.6 Å². The molecule has 2 atom stereocenters. The van der Waals surface area contributed by atoms with E-state index in [0.717, 1.165) is 26.2 Å². The molecule has 2 heterocycles. The van der Waals surface area contributed by atoms with Gasteiger partial charge in [-0.2, -0.15) is 0 Å². The highest BCUT2D eigenvalue weighted by atomic mass is 35.5. The molecule has 0 aromatic carbocycles. The van der Waals surface area contributed by atoms with Gasteiger partial charge >= 0.3 is 0 Å². The fourth-order valence-corrected chi connectivity index (χ4v) is 2.97. The molecule has 0 bridgehead atoms. The summed E-state index contributed by atoms with van der Waals surface area (Å²) in [6.45, 7) is 4.29. The molecule has 0 saturated carbocycles. The molecule has 2 saturated heterocycles. The fraction of sp³-hybridized carbons (Fsp3) is 0.929. The Bertz CT molecular complexity index is 287. The first kappa shape index (κ1) is 20.9. The van der Waals surface area contributed by atoms with Crippen molar-refractivity contribution >= 4 is 30.7 Å². The molecule has 5 nitrogen and oxygen atoms in total. The Labute approximate surface area is 140 Å². The Morgan fingerprint density at radius 1 is 1.14 bits per heavy atom. The summed E-state index contributed by atoms with van der Waals surface area (Å²) in [5.74, 6) is 0.135. The average Bonchev–Trinajstić information content (AvgIpc) is 2.79. The van der Waals surface area contributed by atoms with Gasteiger partial charge in [0.25, 0.3) is 0 Å². The zero-order valence-electron chi connectivity index (χ0n) is 12.8. The number of nitrogens with zero attached hydrogens (tertiary/aromatic N) is 1. The van der Waals surface area contributed by atoms with E-state index in [-0.39, 0.29) is 42.9 Å². The second-order valence-corrected chi connectivity index (χ2v) is 5.65. The second kappa shape index (κ2) is 11.5. The van der Waals surface area contributed by atoms with Crippen molar-refractivity contribution < 1.29 is 9.53 Å². The van der Waals surface area contributed by atoms with Gasteiger partial charge in [-0.05, 0) is 25.9 Å². The SMILES string of the molecule is CO[C@H]1CNC[C@@H]1NC(=O)CN1CCCCCCC1.Cl.Cl. The molecule has 0 spiro atoms. The van der Waals surface area contributed by atoms with E-state index >= 15 is 0 Å². The second-order valence-electron chi connectivity index (χ2n) is 5.65. The van der Waals surface area contributed by atoms with Crippen molar-refractivity contribution in [1.29, 1.82) is 0 Å². The molecule has 2 N–H and O–H groups in total. The number of nitrogens with one attached hydrogen (secondary N) is 2. The predicted molar refractivity (Wildman–Crippen MR) is 89.6 cm³/mol. The van der Waals surface area contributed by atoms with Gasteiger partial charge in [-0.1, -0.05) is 19.3 Å². The molecular weight excluding hydrogens is 313 g/mol. The zero-order chi connectivity index (χ0) is 13.5. The van der Waals surface area contributed by atoms with Crippen molar-refractivity contribution in [3.05, 3.63) is 0 Å². The highest BCUT2D eigenvalue weighted by Crippen LogP contribution is 2.10. The minimum atomic E-state index is 0. The molecule has 2 fully saturated rings. The molecule has 126 valence electrons. The van der Waals surface area contributed by atoms with Crippen LogP contribution in [0.25, 0.3) is 0 Å². The first-order chi connectivity index (χ1) is 9.29. The molecule has 21 heavy (non-hydrogen) atoms. The smallest absolute Gasteiger partial charge is 0.234 e. The van der Waals surface area contributed by atoms with Crippen LogP contribution < -0.4 is 10.6 Å². The highest BCUT2D eigenvalue weighted by molar-refractivity contribution is 5.85. The molecule has 0 aromatic rings. The number of carbonyl (C=O) groups is 1. The summed E-state index contributed by atoms with van der Waals surface area (Å²) in [5.41, 5.74) is 0. The van der Waals surface area contributed by atoms with Crippen LogP contribution in [0.1, 0.15) is 32.1 Å². The molecule has 1 amide bonds. The van der Waals surface area contributed by atoms with Gasteiger partial charge < -0.3 is 15.4 Å². The Kier molecular flexibility index (Phi) is 11.5. The predicted octanol–water partition coefficient (Wildman–Crippen LogP) is 1.20. The summed E-state index contributed by atoms with van der Waals surface area (Å²) in [4.78, 5) is 14.4. The molecule has 2 rings (SSSR count). The van der Waals surface area contributed by atoms with Crippen molar-refractivity contribution in [2.75, 3.05) is 39.8 Å². The average molecular weight is 342 g/mol. The third kappa shape index (κ3) is 7.15. The maximum Gasteiger partial charge on any atom is 0.234 e. The van der Waals surface area contributed by atoms with Crippen molar-refractivity contribution in [3.8, 4) is 0 Å². The van der Waals surface area contributed by atoms with Crippen LogP contribution in [0.15, 0.2) is 0 Å². The van der Waals surface area contributed by atoms with E-state index in [9.17, 15) is 4.79 Å². The number of likely N-dealkylation sites (tertiary alicyclic amines) is 1. The standard InChI is InChI=1S/C14H27N3O2.2ClH/c1-19-13-10-15-9-12(13)16-14(18)11-17-7-5-3-2-4-6-8-17;;/h12-13,15H,2-11H2,1H3,(H,16,18);2*1H/t12-,13-;;/m0../s1. The number of hydrogen-bond acceptors (Lipinski definition) is 4. The number of hydrogen-bond donors (Lipinski definition) is 2. The molecular formula is C14H29Cl2N3O2. The Balaban J connectivity index is 0.00000200. The van der Waals surface area contributed by atoms with Crippen LogP contribution in [0.3, 0.4) is 0 Å². The number of ether oxygens (including phenoxy) is 1. The van der Waals surface area contributed by atoms with Gasteiger partial charge in [-0.3, -0.25) is 9.69 Å². The molecule has 0 unspecified atom stereocenters. The van der Waals surface area contributed by atoms with Gasteiger partial charge in [0.1, 0.15) is 0 Å². The van der Waals surface area contributed by atoms with Gasteiger partial charge in [0.05, 0.1) is 18.7 Å². The van der Waals surface area contributed by atoms with E-state index in [1.807, 2.05) is 0 Å². The minimum Gasteiger partial charge on any atom is -0.378 e. The van der Waals surface area contributed by atoms with E-state index in [0.29, 0.717) is 6.54 Å².